The van der Waals surface area contributed by atoms with E-state index in [1.54, 1.807) is 6.07 Å². The molecule has 3 rings (SSSR count). The Morgan fingerprint density at radius 3 is 2.16 bits per heavy atom. The fourth-order valence-electron chi connectivity index (χ4n) is 2.52. The maximum atomic E-state index is 12.9. The second-order valence-corrected chi connectivity index (χ2v) is 9.81. The maximum absolute atomic E-state index is 12.9. The van der Waals surface area contributed by atoms with Crippen molar-refractivity contribution in [3.05, 3.63) is 56.5 Å². The van der Waals surface area contributed by atoms with Gasteiger partial charge >= 0.3 is 11.9 Å². The molecule has 0 fully saturated rings. The molecule has 3 aromatic rings. The Morgan fingerprint density at radius 1 is 1.12 bits per heavy atom. The fourth-order valence-corrected chi connectivity index (χ4v) is 3.36. The first kappa shape index (κ1) is 25.7. The van der Waals surface area contributed by atoms with Gasteiger partial charge in [-0.3, -0.25) is 13.9 Å². The molecule has 2 aromatic heterocycles. The predicted molar refractivity (Wildman–Crippen MR) is 113 cm³/mol. The van der Waals surface area contributed by atoms with Crippen LogP contribution in [0.1, 0.15) is 38.3 Å². The molecular weight excluding hydrogens is 475 g/mol. The average Bonchev–Trinajstić information content (AvgIpc) is 3.07. The Kier molecular flexibility index (Phi) is 7.34. The summed E-state index contributed by atoms with van der Waals surface area (Å²) in [7, 11) is -2.79. The van der Waals surface area contributed by atoms with Gasteiger partial charge in [-0.2, -0.15) is 26.0 Å². The van der Waals surface area contributed by atoms with Crippen LogP contribution < -0.4 is 11.2 Å². The minimum absolute atomic E-state index is 0.105. The lowest BCUT2D eigenvalue weighted by Crippen LogP contribution is -2.40. The number of rotatable bonds is 3. The first-order chi connectivity index (χ1) is 14.6. The van der Waals surface area contributed by atoms with E-state index >= 15 is 0 Å². The van der Waals surface area contributed by atoms with Gasteiger partial charge in [0.2, 0.25) is 0 Å². The summed E-state index contributed by atoms with van der Waals surface area (Å²) < 4.78 is 72.4. The van der Waals surface area contributed by atoms with Crippen LogP contribution in [0.15, 0.2) is 33.9 Å². The molecule has 0 aliphatic carbocycles. The average molecular weight is 496 g/mol. The fraction of sp³-hybridized carbons (Fsp3) is 0.389. The molecule has 2 heterocycles. The Labute approximate surface area is 184 Å². The normalized spacial score (nSPS) is 13.2. The van der Waals surface area contributed by atoms with Gasteiger partial charge in [0.05, 0.1) is 27.4 Å². The number of halogens is 3. The summed E-state index contributed by atoms with van der Waals surface area (Å²) in [5.41, 5.74) is -3.04. The molecule has 1 atom stereocenters. The van der Waals surface area contributed by atoms with Gasteiger partial charge < -0.3 is 5.11 Å². The van der Waals surface area contributed by atoms with Gasteiger partial charge in [-0.05, 0) is 50.5 Å². The van der Waals surface area contributed by atoms with E-state index in [1.807, 2.05) is 0 Å². The van der Waals surface area contributed by atoms with E-state index < -0.39 is 44.6 Å². The van der Waals surface area contributed by atoms with E-state index in [1.165, 1.54) is 32.9 Å². The molecular formula is C18H20F3N3O6S2. The number of benzene rings is 1. The van der Waals surface area contributed by atoms with Crippen molar-refractivity contribution in [3.63, 3.8) is 0 Å². The quantitative estimate of drug-likeness (QED) is 0.534. The van der Waals surface area contributed by atoms with Crippen molar-refractivity contribution in [1.29, 1.82) is 0 Å². The summed E-state index contributed by atoms with van der Waals surface area (Å²) in [6, 6.07) is 4.88. The van der Waals surface area contributed by atoms with E-state index in [-0.39, 0.29) is 5.69 Å². The van der Waals surface area contributed by atoms with Crippen molar-refractivity contribution in [2.75, 3.05) is 0 Å². The van der Waals surface area contributed by atoms with Gasteiger partial charge in [0.25, 0.3) is 15.7 Å². The smallest absolute Gasteiger partial charge is 0.387 e. The van der Waals surface area contributed by atoms with Crippen LogP contribution in [0.25, 0.3) is 15.8 Å². The van der Waals surface area contributed by atoms with E-state index in [4.69, 9.17) is 4.55 Å². The molecule has 0 aliphatic rings. The highest BCUT2D eigenvalue weighted by Gasteiger charge is 2.35. The highest BCUT2D eigenvalue weighted by Crippen LogP contribution is 2.29. The molecule has 14 heteroatoms. The molecule has 0 aliphatic heterocycles. The first-order valence-corrected chi connectivity index (χ1v) is 11.3. The number of aliphatic hydroxyl groups is 1. The number of hydrogen-bond donors (Lipinski definition) is 2. The second-order valence-electron chi connectivity index (χ2n) is 7.03. The van der Waals surface area contributed by atoms with Gasteiger partial charge in [-0.25, -0.2) is 9.36 Å². The largest absolute Gasteiger partial charge is 0.431 e. The zero-order chi connectivity index (χ0) is 24.6. The van der Waals surface area contributed by atoms with Crippen molar-refractivity contribution in [1.82, 2.24) is 13.5 Å². The minimum atomic E-state index is -4.81. The monoisotopic (exact) mass is 495 g/mol. The van der Waals surface area contributed by atoms with Crippen LogP contribution in [0, 0.1) is 0 Å². The van der Waals surface area contributed by atoms with Crippen LogP contribution in [0.4, 0.5) is 13.2 Å². The second kappa shape index (κ2) is 9.13. The van der Waals surface area contributed by atoms with Crippen molar-refractivity contribution >= 4 is 31.7 Å². The topological polar surface area (TPSA) is 131 Å². The van der Waals surface area contributed by atoms with E-state index in [0.29, 0.717) is 26.3 Å². The third kappa shape index (κ3) is 5.43. The van der Waals surface area contributed by atoms with Crippen molar-refractivity contribution < 1.29 is 31.2 Å². The first-order valence-electron chi connectivity index (χ1n) is 9.00. The molecule has 0 bridgehead atoms. The lowest BCUT2D eigenvalue weighted by atomic mass is 10.1. The van der Waals surface area contributed by atoms with Crippen molar-refractivity contribution in [2.45, 2.75) is 38.3 Å². The highest BCUT2D eigenvalue weighted by atomic mass is 32.2. The van der Waals surface area contributed by atoms with Gasteiger partial charge in [-0.15, -0.1) is 0 Å². The number of alkyl halides is 3. The maximum Gasteiger partial charge on any atom is 0.431 e. The number of aliphatic hydroxyl groups excluding tert-OH is 1. The van der Waals surface area contributed by atoms with Gasteiger partial charge in [0.15, 0.2) is 0 Å². The summed E-state index contributed by atoms with van der Waals surface area (Å²) in [5, 5.41) is 9.60. The highest BCUT2D eigenvalue weighted by molar-refractivity contribution is 7.86. The zero-order valence-electron chi connectivity index (χ0n) is 17.3. The predicted octanol–water partition coefficient (Wildman–Crippen LogP) is 2.50. The molecule has 9 nitrogen and oxygen atoms in total. The van der Waals surface area contributed by atoms with Crippen molar-refractivity contribution in [2.24, 2.45) is 7.05 Å². The van der Waals surface area contributed by atoms with Crippen LogP contribution in [-0.4, -0.2) is 36.8 Å². The van der Waals surface area contributed by atoms with Crippen LogP contribution in [0.5, 0.6) is 0 Å². The van der Waals surface area contributed by atoms with Crippen LogP contribution in [0.3, 0.4) is 0 Å². The number of hydrogen-bond acceptors (Lipinski definition) is 7. The molecule has 0 amide bonds. The van der Waals surface area contributed by atoms with Gasteiger partial charge in [-0.1, -0.05) is 0 Å². The van der Waals surface area contributed by atoms with Gasteiger partial charge in [0.1, 0.15) is 5.69 Å². The van der Waals surface area contributed by atoms with Crippen LogP contribution in [-0.2, 0) is 23.3 Å². The molecule has 0 spiro atoms. The Balaban J connectivity index is 0.000000451. The van der Waals surface area contributed by atoms with E-state index in [0.717, 1.165) is 23.3 Å². The number of nitrogens with zero attached hydrogens (tertiary/aromatic N) is 3. The Bertz CT molecular complexity index is 1360. The molecule has 1 unspecified atom stereocenters. The lowest BCUT2D eigenvalue weighted by Gasteiger charge is -2.14. The standard InChI is InChI=1S/C15H12F3N3O3S.C3H8O3S/c1-7(22)13-9-5-8(3-4-10(9)25-19-13)21-12(23)6-11(15(16,17)18)20(2)14(21)24;1-3(2)7(4,5)6/h3-7,22H,1-2H3;3H,1-2H3,(H,4,5,6). The summed E-state index contributed by atoms with van der Waals surface area (Å²) in [4.78, 5) is 24.5. The lowest BCUT2D eigenvalue weighted by molar-refractivity contribution is -0.144. The summed E-state index contributed by atoms with van der Waals surface area (Å²) in [6.45, 7) is 4.34. The summed E-state index contributed by atoms with van der Waals surface area (Å²) >= 11 is 1.13. The zero-order valence-corrected chi connectivity index (χ0v) is 18.9. The molecule has 2 N–H and O–H groups in total. The molecule has 0 radical (unpaired) electrons. The molecule has 0 saturated carbocycles. The summed E-state index contributed by atoms with van der Waals surface area (Å²) in [5.74, 6) is 0. The minimum Gasteiger partial charge on any atom is -0.387 e. The number of aromatic nitrogens is 3. The van der Waals surface area contributed by atoms with E-state index in [9.17, 15) is 36.3 Å². The Hall–Kier alpha value is -2.55. The molecule has 32 heavy (non-hydrogen) atoms. The molecule has 1 aromatic carbocycles. The van der Waals surface area contributed by atoms with Crippen LogP contribution in [0.2, 0.25) is 0 Å². The van der Waals surface area contributed by atoms with Gasteiger partial charge in [0, 0.05) is 18.5 Å². The Morgan fingerprint density at radius 2 is 1.69 bits per heavy atom. The number of fused-ring (bicyclic) bond motifs is 1. The SMILES string of the molecule is CC(C)S(=O)(=O)O.CC(O)c1nsc2ccc(-n3c(=O)cc(C(F)(F)F)n(C)c3=O)cc12. The molecule has 176 valence electrons. The van der Waals surface area contributed by atoms with E-state index in [2.05, 4.69) is 4.37 Å². The van der Waals surface area contributed by atoms with Crippen molar-refractivity contribution in [3.8, 4) is 5.69 Å². The summed E-state index contributed by atoms with van der Waals surface area (Å²) in [6.07, 6.45) is -5.68. The molecule has 0 saturated heterocycles. The third-order valence-electron chi connectivity index (χ3n) is 4.34. The third-order valence-corrected chi connectivity index (χ3v) is 6.37. The van der Waals surface area contributed by atoms with Crippen LogP contribution >= 0.6 is 11.5 Å².